The van der Waals surface area contributed by atoms with Gasteiger partial charge in [0.25, 0.3) is 0 Å². The van der Waals surface area contributed by atoms with Gasteiger partial charge in [0.05, 0.1) is 12.0 Å². The van der Waals surface area contributed by atoms with E-state index >= 15 is 0 Å². The van der Waals surface area contributed by atoms with Crippen molar-refractivity contribution in [3.8, 4) is 0 Å². The number of hydrogen-bond donors (Lipinski definition) is 2. The first-order chi connectivity index (χ1) is 9.82. The van der Waals surface area contributed by atoms with E-state index in [-0.39, 0.29) is 18.8 Å². The first-order valence-electron chi connectivity index (χ1n) is 6.80. The molecule has 3 unspecified atom stereocenters. The van der Waals surface area contributed by atoms with Crippen molar-refractivity contribution in [2.45, 2.75) is 37.9 Å². The van der Waals surface area contributed by atoms with Crippen LogP contribution in [-0.4, -0.2) is 6.18 Å². The van der Waals surface area contributed by atoms with Gasteiger partial charge in [0.15, 0.2) is 0 Å². The molecule has 0 aliphatic heterocycles. The predicted octanol–water partition coefficient (Wildman–Crippen LogP) is 4.35. The van der Waals surface area contributed by atoms with Crippen molar-refractivity contribution in [1.29, 1.82) is 0 Å². The third-order valence-electron chi connectivity index (χ3n) is 4.12. The Balaban J connectivity index is 2.23. The molecule has 118 valence electrons. The molecule has 2 rings (SSSR count). The molecule has 1 aliphatic carbocycles. The summed E-state index contributed by atoms with van der Waals surface area (Å²) in [5.74, 6) is 3.35. The van der Waals surface area contributed by atoms with Crippen LogP contribution in [0.2, 0.25) is 5.02 Å². The number of nitrogens with two attached hydrogens (primary N) is 1. The smallest absolute Gasteiger partial charge is 0.271 e. The van der Waals surface area contributed by atoms with E-state index in [1.165, 1.54) is 18.2 Å². The highest BCUT2D eigenvalue weighted by molar-refractivity contribution is 6.31. The van der Waals surface area contributed by atoms with Gasteiger partial charge in [0, 0.05) is 5.02 Å². The van der Waals surface area contributed by atoms with Gasteiger partial charge < -0.3 is 0 Å². The molecular weight excluding hydrogens is 308 g/mol. The second kappa shape index (κ2) is 6.50. The molecule has 0 bridgehead atoms. The minimum Gasteiger partial charge on any atom is -0.271 e. The second-order valence-corrected chi connectivity index (χ2v) is 5.88. The summed E-state index contributed by atoms with van der Waals surface area (Å²) in [7, 11) is 0. The van der Waals surface area contributed by atoms with E-state index in [0.717, 1.165) is 0 Å². The van der Waals surface area contributed by atoms with E-state index in [1.54, 1.807) is 0 Å². The van der Waals surface area contributed by atoms with Gasteiger partial charge in [-0.1, -0.05) is 18.0 Å². The summed E-state index contributed by atoms with van der Waals surface area (Å²) in [6, 6.07) is 3.24. The Kier molecular flexibility index (Phi) is 5.11. The van der Waals surface area contributed by atoms with Crippen LogP contribution in [0.3, 0.4) is 0 Å². The maximum atomic E-state index is 13.4. The maximum absolute atomic E-state index is 13.4. The van der Waals surface area contributed by atoms with E-state index in [2.05, 4.69) is 5.43 Å². The molecule has 1 aromatic rings. The lowest BCUT2D eigenvalue weighted by Gasteiger charge is -2.35. The lowest BCUT2D eigenvalue weighted by molar-refractivity contribution is -0.186. The molecule has 21 heavy (non-hydrogen) atoms. The topological polar surface area (TPSA) is 38.0 Å². The summed E-state index contributed by atoms with van der Waals surface area (Å²) < 4.78 is 52.0. The van der Waals surface area contributed by atoms with Crippen LogP contribution in [0.25, 0.3) is 0 Å². The Bertz CT molecular complexity index is 492. The van der Waals surface area contributed by atoms with Crippen LogP contribution < -0.4 is 11.3 Å². The maximum Gasteiger partial charge on any atom is 0.391 e. The largest absolute Gasteiger partial charge is 0.391 e. The van der Waals surface area contributed by atoms with E-state index in [9.17, 15) is 17.6 Å². The fraction of sp³-hybridized carbons (Fsp3) is 0.571. The normalized spacial score (nSPS) is 24.9. The average Bonchev–Trinajstić information content (AvgIpc) is 2.43. The van der Waals surface area contributed by atoms with Crippen molar-refractivity contribution in [1.82, 2.24) is 5.43 Å². The molecule has 1 aromatic carbocycles. The van der Waals surface area contributed by atoms with Crippen molar-refractivity contribution in [2.24, 2.45) is 17.7 Å². The fourth-order valence-corrected chi connectivity index (χ4v) is 3.30. The number of benzene rings is 1. The van der Waals surface area contributed by atoms with Gasteiger partial charge in [-0.05, 0) is 48.9 Å². The van der Waals surface area contributed by atoms with Gasteiger partial charge >= 0.3 is 6.18 Å². The third-order valence-corrected chi connectivity index (χ3v) is 4.47. The number of halogens is 5. The zero-order chi connectivity index (χ0) is 15.6. The van der Waals surface area contributed by atoms with Crippen LogP contribution in [-0.2, 0) is 0 Å². The summed E-state index contributed by atoms with van der Waals surface area (Å²) >= 11 is 6.03. The van der Waals surface area contributed by atoms with E-state index in [0.29, 0.717) is 23.4 Å². The Hall–Kier alpha value is -0.850. The number of hydrogen-bond acceptors (Lipinski definition) is 2. The molecule has 0 saturated heterocycles. The molecule has 0 heterocycles. The molecule has 0 spiro atoms. The molecule has 2 nitrogen and oxygen atoms in total. The SMILES string of the molecule is NNC(c1cc(F)ccc1Cl)C1CCCC(C(F)(F)F)C1. The fourth-order valence-electron chi connectivity index (χ4n) is 3.06. The molecule has 1 saturated carbocycles. The van der Waals surface area contributed by atoms with Crippen LogP contribution in [0.4, 0.5) is 17.6 Å². The predicted molar refractivity (Wildman–Crippen MR) is 73.0 cm³/mol. The van der Waals surface area contributed by atoms with Gasteiger partial charge in [-0.15, -0.1) is 0 Å². The second-order valence-electron chi connectivity index (χ2n) is 5.48. The monoisotopic (exact) mass is 324 g/mol. The van der Waals surface area contributed by atoms with Gasteiger partial charge in [-0.3, -0.25) is 11.3 Å². The number of nitrogens with one attached hydrogen (secondary N) is 1. The van der Waals surface area contributed by atoms with Crippen molar-refractivity contribution in [2.75, 3.05) is 0 Å². The third kappa shape index (κ3) is 3.87. The van der Waals surface area contributed by atoms with E-state index < -0.39 is 24.0 Å². The number of rotatable bonds is 3. The lowest BCUT2D eigenvalue weighted by atomic mass is 9.76. The van der Waals surface area contributed by atoms with E-state index in [1.807, 2.05) is 0 Å². The summed E-state index contributed by atoms with van der Waals surface area (Å²) in [5, 5.41) is 0.300. The Morgan fingerprint density at radius 3 is 2.62 bits per heavy atom. The van der Waals surface area contributed by atoms with Crippen LogP contribution in [0, 0.1) is 17.7 Å². The molecule has 0 radical (unpaired) electrons. The number of alkyl halides is 3. The van der Waals surface area contributed by atoms with Crippen LogP contribution in [0.15, 0.2) is 18.2 Å². The zero-order valence-corrected chi connectivity index (χ0v) is 12.0. The molecule has 1 aliphatic rings. The van der Waals surface area contributed by atoms with E-state index in [4.69, 9.17) is 17.4 Å². The Morgan fingerprint density at radius 2 is 2.00 bits per heavy atom. The van der Waals surface area contributed by atoms with Crippen molar-refractivity contribution in [3.63, 3.8) is 0 Å². The summed E-state index contributed by atoms with van der Waals surface area (Å²) in [6.07, 6.45) is -3.02. The highest BCUT2D eigenvalue weighted by Gasteiger charge is 2.43. The Morgan fingerprint density at radius 1 is 1.29 bits per heavy atom. The van der Waals surface area contributed by atoms with Crippen LogP contribution in [0.1, 0.15) is 37.3 Å². The first-order valence-corrected chi connectivity index (χ1v) is 7.18. The quantitative estimate of drug-likeness (QED) is 0.493. The van der Waals surface area contributed by atoms with Crippen LogP contribution >= 0.6 is 11.6 Å². The van der Waals surface area contributed by atoms with Crippen molar-refractivity contribution in [3.05, 3.63) is 34.6 Å². The molecule has 1 fully saturated rings. The summed E-state index contributed by atoms with van der Waals surface area (Å²) in [6.45, 7) is 0. The molecule has 0 amide bonds. The van der Waals surface area contributed by atoms with Gasteiger partial charge in [-0.25, -0.2) is 4.39 Å². The molecule has 0 aromatic heterocycles. The summed E-state index contributed by atoms with van der Waals surface area (Å²) in [4.78, 5) is 0. The standard InChI is InChI=1S/C14H17ClF4N2/c15-12-5-4-10(16)7-11(12)13(21-20)8-2-1-3-9(6-8)14(17,18)19/h4-5,7-9,13,21H,1-3,6,20H2. The van der Waals surface area contributed by atoms with Gasteiger partial charge in [0.2, 0.25) is 0 Å². The van der Waals surface area contributed by atoms with Crippen molar-refractivity contribution >= 4 is 11.6 Å². The first kappa shape index (κ1) is 16.5. The van der Waals surface area contributed by atoms with Gasteiger partial charge in [0.1, 0.15) is 5.82 Å². The minimum atomic E-state index is -4.20. The molecular formula is C14H17ClF4N2. The molecule has 3 N–H and O–H groups in total. The summed E-state index contributed by atoms with van der Waals surface area (Å²) in [5.41, 5.74) is 2.92. The lowest BCUT2D eigenvalue weighted by Crippen LogP contribution is -2.38. The molecule has 3 atom stereocenters. The zero-order valence-electron chi connectivity index (χ0n) is 11.3. The minimum absolute atomic E-state index is 0.0226. The van der Waals surface area contributed by atoms with Crippen LogP contribution in [0.5, 0.6) is 0 Å². The Labute approximate surface area is 125 Å². The highest BCUT2D eigenvalue weighted by atomic mass is 35.5. The average molecular weight is 325 g/mol. The number of hydrazine groups is 1. The molecule has 7 heteroatoms. The highest BCUT2D eigenvalue weighted by Crippen LogP contribution is 2.44. The van der Waals surface area contributed by atoms with Gasteiger partial charge in [-0.2, -0.15) is 13.2 Å². The van der Waals surface area contributed by atoms with Crippen molar-refractivity contribution < 1.29 is 17.6 Å².